The first-order chi connectivity index (χ1) is 10.3. The van der Waals surface area contributed by atoms with Crippen LogP contribution in [0.5, 0.6) is 0 Å². The molecule has 1 unspecified atom stereocenters. The Kier molecular flexibility index (Phi) is 5.79. The van der Waals surface area contributed by atoms with Gasteiger partial charge in [0.15, 0.2) is 0 Å². The van der Waals surface area contributed by atoms with Crippen LogP contribution in [0.25, 0.3) is 0 Å². The molecule has 0 fully saturated rings. The first-order valence-corrected chi connectivity index (χ1v) is 7.74. The molecule has 0 saturated carbocycles. The maximum absolute atomic E-state index is 12.0. The monoisotopic (exact) mass is 294 g/mol. The van der Waals surface area contributed by atoms with E-state index in [0.717, 1.165) is 16.0 Å². The number of benzene rings is 2. The van der Waals surface area contributed by atoms with Crippen molar-refractivity contribution in [2.75, 3.05) is 12.4 Å². The van der Waals surface area contributed by atoms with Gasteiger partial charge in [0.1, 0.15) is 6.61 Å². The molecule has 2 aromatic carbocycles. The van der Waals surface area contributed by atoms with E-state index >= 15 is 0 Å². The van der Waals surface area contributed by atoms with E-state index < -0.39 is 10.8 Å². The van der Waals surface area contributed by atoms with Crippen LogP contribution in [0.2, 0.25) is 0 Å². The van der Waals surface area contributed by atoms with Crippen molar-refractivity contribution in [2.45, 2.75) is 4.90 Å². The van der Waals surface area contributed by atoms with Gasteiger partial charge in [0, 0.05) is 16.0 Å². The van der Waals surface area contributed by atoms with Crippen LogP contribution in [-0.2, 0) is 10.8 Å². The second kappa shape index (κ2) is 8.07. The summed E-state index contributed by atoms with van der Waals surface area (Å²) in [7, 11) is -1.12. The van der Waals surface area contributed by atoms with Gasteiger partial charge >= 0.3 is 0 Å². The molecule has 2 rings (SSSR count). The molecule has 0 saturated heterocycles. The van der Waals surface area contributed by atoms with Crippen molar-refractivity contribution < 1.29 is 9.32 Å². The van der Waals surface area contributed by atoms with Crippen LogP contribution in [0.4, 0.5) is 0 Å². The van der Waals surface area contributed by atoms with Gasteiger partial charge in [-0.2, -0.15) is 0 Å². The average molecular weight is 294 g/mol. The molecule has 1 atom stereocenters. The fourth-order valence-electron chi connectivity index (χ4n) is 1.69. The Bertz CT molecular complexity index is 743. The lowest BCUT2D eigenvalue weighted by atomic mass is 10.1. The molecule has 2 nitrogen and oxygen atoms in total. The molecule has 0 aliphatic rings. The summed E-state index contributed by atoms with van der Waals surface area (Å²) < 4.78 is 12.0. The third-order valence-electron chi connectivity index (χ3n) is 2.66. The summed E-state index contributed by atoms with van der Waals surface area (Å²) in [5.74, 6) is 11.7. The van der Waals surface area contributed by atoms with Crippen LogP contribution in [0.3, 0.4) is 0 Å². The normalized spacial score (nSPS) is 10.7. The Morgan fingerprint density at radius 1 is 0.857 bits per heavy atom. The minimum atomic E-state index is -1.12. The maximum atomic E-state index is 12.0. The average Bonchev–Trinajstić information content (AvgIpc) is 2.54. The van der Waals surface area contributed by atoms with E-state index in [1.165, 1.54) is 0 Å². The summed E-state index contributed by atoms with van der Waals surface area (Å²) in [6.07, 6.45) is 0. The summed E-state index contributed by atoms with van der Waals surface area (Å²) in [5.41, 5.74) is 1.55. The quantitative estimate of drug-likeness (QED) is 0.862. The van der Waals surface area contributed by atoms with Crippen molar-refractivity contribution in [1.29, 1.82) is 0 Å². The number of hydrogen-bond donors (Lipinski definition) is 1. The van der Waals surface area contributed by atoms with Crippen molar-refractivity contribution in [2.24, 2.45) is 0 Å². The standard InChI is InChI=1S/C18H14O2S/c19-14-6-10-16-8-4-5-9-17(16)11-7-15-21(20)18-12-2-1-3-13-18/h1-5,8-9,12-13,19H,14-15H2. The van der Waals surface area contributed by atoms with Crippen molar-refractivity contribution in [1.82, 2.24) is 0 Å². The molecule has 0 radical (unpaired) electrons. The molecule has 0 amide bonds. The number of rotatable bonds is 2. The van der Waals surface area contributed by atoms with E-state index in [-0.39, 0.29) is 12.4 Å². The van der Waals surface area contributed by atoms with Gasteiger partial charge in [-0.1, -0.05) is 54.0 Å². The minimum Gasteiger partial charge on any atom is -0.384 e. The van der Waals surface area contributed by atoms with Gasteiger partial charge in [0.05, 0.1) is 16.6 Å². The summed E-state index contributed by atoms with van der Waals surface area (Å²) in [4.78, 5) is 0.778. The highest BCUT2D eigenvalue weighted by molar-refractivity contribution is 7.85. The van der Waals surface area contributed by atoms with Crippen LogP contribution < -0.4 is 0 Å². The van der Waals surface area contributed by atoms with Crippen molar-refractivity contribution in [3.8, 4) is 23.7 Å². The second-order valence-electron chi connectivity index (χ2n) is 4.11. The molecule has 0 heterocycles. The predicted molar refractivity (Wildman–Crippen MR) is 85.0 cm³/mol. The molecule has 104 valence electrons. The van der Waals surface area contributed by atoms with Crippen LogP contribution >= 0.6 is 0 Å². The predicted octanol–water partition coefficient (Wildman–Crippen LogP) is 2.19. The van der Waals surface area contributed by atoms with Gasteiger partial charge < -0.3 is 5.11 Å². The molecule has 2 aromatic rings. The van der Waals surface area contributed by atoms with Crippen molar-refractivity contribution in [3.63, 3.8) is 0 Å². The first-order valence-electron chi connectivity index (χ1n) is 6.42. The Balaban J connectivity index is 2.12. The topological polar surface area (TPSA) is 37.3 Å². The fraction of sp³-hybridized carbons (Fsp3) is 0.111. The number of aliphatic hydroxyl groups is 1. The Labute approximate surface area is 127 Å². The Morgan fingerprint density at radius 3 is 2.05 bits per heavy atom. The van der Waals surface area contributed by atoms with E-state index in [1.807, 2.05) is 54.6 Å². The molecular formula is C18H14O2S. The van der Waals surface area contributed by atoms with Gasteiger partial charge in [0.2, 0.25) is 0 Å². The highest BCUT2D eigenvalue weighted by atomic mass is 32.2. The third-order valence-corrected chi connectivity index (χ3v) is 3.87. The summed E-state index contributed by atoms with van der Waals surface area (Å²) in [6.45, 7) is -0.181. The van der Waals surface area contributed by atoms with E-state index in [4.69, 9.17) is 5.11 Å². The van der Waals surface area contributed by atoms with E-state index in [1.54, 1.807) is 0 Å². The molecule has 3 heteroatoms. The molecule has 1 N–H and O–H groups in total. The highest BCUT2D eigenvalue weighted by Crippen LogP contribution is 2.07. The van der Waals surface area contributed by atoms with Crippen molar-refractivity contribution in [3.05, 3.63) is 65.7 Å². The van der Waals surface area contributed by atoms with Gasteiger partial charge in [0.25, 0.3) is 0 Å². The van der Waals surface area contributed by atoms with Gasteiger partial charge in [-0.3, -0.25) is 4.21 Å². The van der Waals surface area contributed by atoms with Gasteiger partial charge in [-0.15, -0.1) is 0 Å². The summed E-state index contributed by atoms with van der Waals surface area (Å²) in [6, 6.07) is 16.7. The molecular weight excluding hydrogens is 280 g/mol. The summed E-state index contributed by atoms with van der Waals surface area (Å²) >= 11 is 0. The lowest BCUT2D eigenvalue weighted by Gasteiger charge is -1.97. The van der Waals surface area contributed by atoms with E-state index in [9.17, 15) is 4.21 Å². The lowest BCUT2D eigenvalue weighted by Crippen LogP contribution is -1.95. The minimum absolute atomic E-state index is 0.181. The SMILES string of the molecule is O=S(CC#Cc1ccccc1C#CCO)c1ccccc1. The molecule has 0 bridgehead atoms. The Hall–Kier alpha value is -2.33. The molecule has 0 spiro atoms. The van der Waals surface area contributed by atoms with Crippen LogP contribution in [-0.4, -0.2) is 21.7 Å². The van der Waals surface area contributed by atoms with Gasteiger partial charge in [-0.05, 0) is 24.3 Å². The molecule has 21 heavy (non-hydrogen) atoms. The zero-order valence-corrected chi connectivity index (χ0v) is 12.2. The molecule has 0 aliphatic heterocycles. The molecule has 0 aliphatic carbocycles. The summed E-state index contributed by atoms with van der Waals surface area (Å²) in [5, 5.41) is 8.74. The first kappa shape index (κ1) is 15.1. The maximum Gasteiger partial charge on any atom is 0.104 e. The second-order valence-corrected chi connectivity index (χ2v) is 5.56. The van der Waals surface area contributed by atoms with Gasteiger partial charge in [-0.25, -0.2) is 0 Å². The number of hydrogen-bond acceptors (Lipinski definition) is 2. The smallest absolute Gasteiger partial charge is 0.104 e. The van der Waals surface area contributed by atoms with Crippen LogP contribution in [0.1, 0.15) is 11.1 Å². The lowest BCUT2D eigenvalue weighted by molar-refractivity contribution is 0.350. The van der Waals surface area contributed by atoms with Crippen LogP contribution in [0.15, 0.2) is 59.5 Å². The molecule has 0 aromatic heterocycles. The fourth-order valence-corrected chi connectivity index (χ4v) is 2.52. The highest BCUT2D eigenvalue weighted by Gasteiger charge is 2.00. The van der Waals surface area contributed by atoms with Crippen LogP contribution in [0, 0.1) is 23.7 Å². The van der Waals surface area contributed by atoms with E-state index in [2.05, 4.69) is 23.7 Å². The zero-order chi connectivity index (χ0) is 14.9. The third kappa shape index (κ3) is 4.61. The van der Waals surface area contributed by atoms with E-state index in [0.29, 0.717) is 0 Å². The largest absolute Gasteiger partial charge is 0.384 e. The zero-order valence-electron chi connectivity index (χ0n) is 11.4. The number of aliphatic hydroxyl groups excluding tert-OH is 1. The Morgan fingerprint density at radius 2 is 1.43 bits per heavy atom. The van der Waals surface area contributed by atoms with Crippen molar-refractivity contribution >= 4 is 10.8 Å².